The molecule has 0 heterocycles. The largest absolute Gasteiger partial charge is 5.00 e. The molecule has 0 aromatic rings. The molecule has 0 nitrogen and oxygen atoms in total. The van der Waals surface area contributed by atoms with E-state index in [-0.39, 0.29) is 58.9 Å². The minimum Gasteiger partial charge on any atom is -1.00 e. The molecule has 0 aromatic heterocycles. The zero-order chi connectivity index (χ0) is 0. The molecular formula is CoF5V. The van der Waals surface area contributed by atoms with Gasteiger partial charge in [-0.05, 0) is 0 Å². The van der Waals surface area contributed by atoms with Gasteiger partial charge in [-0.25, -0.2) is 0 Å². The van der Waals surface area contributed by atoms with Gasteiger partial charge in [-0.3, -0.25) is 0 Å². The van der Waals surface area contributed by atoms with Gasteiger partial charge in [-0.15, -0.1) is 0 Å². The zero-order valence-corrected chi connectivity index (χ0v) is 5.11. The molecule has 0 amide bonds. The fourth-order valence-corrected chi connectivity index (χ4v) is 0. The molecule has 0 saturated heterocycles. The maximum absolute atomic E-state index is 0. The Morgan fingerprint density at radius 2 is 0.429 bits per heavy atom. The molecule has 7 heteroatoms. The summed E-state index contributed by atoms with van der Waals surface area (Å²) >= 11 is 0. The summed E-state index contributed by atoms with van der Waals surface area (Å²) in [6.07, 6.45) is 0. The molecule has 0 unspecified atom stereocenters. The van der Waals surface area contributed by atoms with Gasteiger partial charge in [0.1, 0.15) is 0 Å². The molecule has 0 rings (SSSR count). The molecule has 0 aromatic carbocycles. The predicted octanol–water partition coefficient (Wildman–Crippen LogP) is -15.0. The molecule has 0 aliphatic rings. The SMILES string of the molecule is [Co].[F-].[F-].[F-].[F-].[F-].[V+5]. The van der Waals surface area contributed by atoms with Crippen molar-refractivity contribution in [2.24, 2.45) is 0 Å². The van der Waals surface area contributed by atoms with Crippen molar-refractivity contribution in [3.8, 4) is 0 Å². The van der Waals surface area contributed by atoms with Crippen molar-refractivity contribution >= 4 is 0 Å². The fraction of sp³-hybridized carbons (Fsp3) is 0. The second kappa shape index (κ2) is 405. The van der Waals surface area contributed by atoms with E-state index in [2.05, 4.69) is 0 Å². The summed E-state index contributed by atoms with van der Waals surface area (Å²) in [7, 11) is 0. The van der Waals surface area contributed by atoms with Gasteiger partial charge in [0.05, 0.1) is 0 Å². The topological polar surface area (TPSA) is 0 Å². The van der Waals surface area contributed by atoms with E-state index in [4.69, 9.17) is 0 Å². The van der Waals surface area contributed by atoms with Crippen LogP contribution in [0.2, 0.25) is 0 Å². The normalized spacial score (nSPS) is 0. The van der Waals surface area contributed by atoms with E-state index < -0.39 is 0 Å². The quantitative estimate of drug-likeness (QED) is 0.344. The molecule has 1 radical (unpaired) electrons. The average molecular weight is 205 g/mol. The second-order valence-electron chi connectivity index (χ2n) is 0. The summed E-state index contributed by atoms with van der Waals surface area (Å²) in [5.41, 5.74) is 0. The van der Waals surface area contributed by atoms with Crippen LogP contribution in [0.15, 0.2) is 0 Å². The number of hydrogen-bond acceptors (Lipinski definition) is 0. The van der Waals surface area contributed by atoms with Gasteiger partial charge in [0.2, 0.25) is 0 Å². The van der Waals surface area contributed by atoms with Gasteiger partial charge in [0, 0.05) is 16.8 Å². The Bertz CT molecular complexity index is 8.04. The number of hydrogen-bond donors (Lipinski definition) is 0. The molecule has 0 atom stereocenters. The standard InChI is InChI=1S/Co.5FH.V/h;5*1H;/q;;;;;;+5/p-5. The Labute approximate surface area is 59.3 Å². The van der Waals surface area contributed by atoms with Gasteiger partial charge in [0.25, 0.3) is 0 Å². The Balaban J connectivity index is 0. The van der Waals surface area contributed by atoms with Crippen LogP contribution in [0.4, 0.5) is 0 Å². The van der Waals surface area contributed by atoms with E-state index >= 15 is 0 Å². The Hall–Kier alpha value is 0.741. The summed E-state index contributed by atoms with van der Waals surface area (Å²) in [6, 6.07) is 0. The van der Waals surface area contributed by atoms with E-state index in [0.29, 0.717) is 0 Å². The Kier molecular flexibility index (Phi) is 37000. The third kappa shape index (κ3) is 276. The first-order valence-electron chi connectivity index (χ1n) is 0. The van der Waals surface area contributed by atoms with Crippen molar-refractivity contribution in [2.75, 3.05) is 0 Å². The monoisotopic (exact) mass is 205 g/mol. The number of rotatable bonds is 0. The summed E-state index contributed by atoms with van der Waals surface area (Å²) in [4.78, 5) is 0. The maximum atomic E-state index is 0. The van der Waals surface area contributed by atoms with Crippen molar-refractivity contribution in [2.45, 2.75) is 0 Å². The third-order valence-corrected chi connectivity index (χ3v) is 0. The summed E-state index contributed by atoms with van der Waals surface area (Å²) in [5, 5.41) is 0. The van der Waals surface area contributed by atoms with Crippen LogP contribution < -0.4 is 23.5 Å². The van der Waals surface area contributed by atoms with Crippen LogP contribution in [-0.2, 0) is 35.3 Å². The van der Waals surface area contributed by atoms with E-state index in [1.807, 2.05) is 0 Å². The molecule has 0 fully saturated rings. The Morgan fingerprint density at radius 3 is 0.429 bits per heavy atom. The second-order valence-corrected chi connectivity index (χ2v) is 0. The van der Waals surface area contributed by atoms with Crippen molar-refractivity contribution < 1.29 is 58.9 Å². The van der Waals surface area contributed by atoms with E-state index in [1.165, 1.54) is 0 Å². The smallest absolute Gasteiger partial charge is 1.00 e. The van der Waals surface area contributed by atoms with Crippen molar-refractivity contribution in [1.82, 2.24) is 0 Å². The van der Waals surface area contributed by atoms with Crippen LogP contribution >= 0.6 is 0 Å². The van der Waals surface area contributed by atoms with Gasteiger partial charge >= 0.3 is 18.6 Å². The molecule has 0 spiro atoms. The fourth-order valence-electron chi connectivity index (χ4n) is 0. The van der Waals surface area contributed by atoms with Gasteiger partial charge in [0.15, 0.2) is 0 Å². The minimum absolute atomic E-state index is 0. The molecule has 49 valence electrons. The average Bonchev–Trinajstić information content (AvgIpc) is 0. The first-order chi connectivity index (χ1) is 0. The van der Waals surface area contributed by atoms with Crippen molar-refractivity contribution in [3.63, 3.8) is 0 Å². The summed E-state index contributed by atoms with van der Waals surface area (Å²) < 4.78 is 0. The molecule has 0 saturated carbocycles. The molecule has 0 aliphatic carbocycles. The molecule has 0 bridgehead atoms. The van der Waals surface area contributed by atoms with Crippen LogP contribution in [0.5, 0.6) is 0 Å². The van der Waals surface area contributed by atoms with E-state index in [1.54, 1.807) is 0 Å². The van der Waals surface area contributed by atoms with Crippen molar-refractivity contribution in [1.29, 1.82) is 0 Å². The summed E-state index contributed by atoms with van der Waals surface area (Å²) in [5.74, 6) is 0. The van der Waals surface area contributed by atoms with Gasteiger partial charge < -0.3 is 23.5 Å². The Morgan fingerprint density at radius 1 is 0.429 bits per heavy atom. The van der Waals surface area contributed by atoms with E-state index in [9.17, 15) is 0 Å². The van der Waals surface area contributed by atoms with Crippen LogP contribution in [0.3, 0.4) is 0 Å². The van der Waals surface area contributed by atoms with Gasteiger partial charge in [-0.2, -0.15) is 0 Å². The predicted molar refractivity (Wildman–Crippen MR) is 0 cm³/mol. The maximum Gasteiger partial charge on any atom is 5.00 e. The van der Waals surface area contributed by atoms with Gasteiger partial charge in [-0.1, -0.05) is 0 Å². The van der Waals surface area contributed by atoms with Crippen LogP contribution in [0.1, 0.15) is 0 Å². The zero-order valence-electron chi connectivity index (χ0n) is 2.67. The molecule has 7 heavy (non-hydrogen) atoms. The van der Waals surface area contributed by atoms with E-state index in [0.717, 1.165) is 0 Å². The number of halogens is 5. The molecule has 0 aliphatic heterocycles. The third-order valence-electron chi connectivity index (χ3n) is 0. The van der Waals surface area contributed by atoms with Crippen LogP contribution in [0, 0.1) is 0 Å². The molecule has 0 N–H and O–H groups in total. The first kappa shape index (κ1) is 641. The van der Waals surface area contributed by atoms with Crippen LogP contribution in [-0.4, -0.2) is 0 Å². The van der Waals surface area contributed by atoms with Crippen LogP contribution in [0.25, 0.3) is 0 Å². The molecular weight excluding hydrogens is 205 g/mol. The minimum atomic E-state index is 0. The summed E-state index contributed by atoms with van der Waals surface area (Å²) in [6.45, 7) is 0. The van der Waals surface area contributed by atoms with Crippen molar-refractivity contribution in [3.05, 3.63) is 0 Å². The first-order valence-corrected chi connectivity index (χ1v) is 0.